The van der Waals surface area contributed by atoms with Crippen molar-refractivity contribution >= 4 is 38.8 Å². The molecule has 2 heterocycles. The number of nitrogens with zero attached hydrogens (tertiary/aromatic N) is 5. The normalized spacial score (nSPS) is 12.0. The van der Waals surface area contributed by atoms with E-state index in [-0.39, 0.29) is 17.7 Å². The lowest BCUT2D eigenvalue weighted by Crippen LogP contribution is -2.27. The number of aromatic nitrogens is 4. The van der Waals surface area contributed by atoms with Gasteiger partial charge in [0.25, 0.3) is 0 Å². The van der Waals surface area contributed by atoms with E-state index < -0.39 is 10.0 Å². The van der Waals surface area contributed by atoms with Crippen molar-refractivity contribution in [1.29, 1.82) is 0 Å². The highest BCUT2D eigenvalue weighted by molar-refractivity contribution is 7.98. The van der Waals surface area contributed by atoms with Gasteiger partial charge in [0.15, 0.2) is 5.16 Å². The van der Waals surface area contributed by atoms with Gasteiger partial charge in [-0.3, -0.25) is 0 Å². The van der Waals surface area contributed by atoms with Crippen LogP contribution in [0.5, 0.6) is 0 Å². The summed E-state index contributed by atoms with van der Waals surface area (Å²) in [5.74, 6) is 0.248. The van der Waals surface area contributed by atoms with Crippen LogP contribution in [0.2, 0.25) is 0 Å². The smallest absolute Gasteiger partial charge is 0.239 e. The molecule has 0 bridgehead atoms. The number of sulfonamides is 1. The predicted octanol–water partition coefficient (Wildman–Crippen LogP) is 4.98. The zero-order valence-corrected chi connectivity index (χ0v) is 21.3. The Morgan fingerprint density at radius 3 is 2.35 bits per heavy atom. The molecule has 10 heteroatoms. The lowest BCUT2D eigenvalue weighted by Gasteiger charge is -2.21. The summed E-state index contributed by atoms with van der Waals surface area (Å²) in [6.45, 7) is 4.01. The van der Waals surface area contributed by atoms with Crippen molar-refractivity contribution < 1.29 is 12.8 Å². The van der Waals surface area contributed by atoms with Crippen LogP contribution < -0.4 is 4.31 Å². The summed E-state index contributed by atoms with van der Waals surface area (Å²) < 4.78 is 41.2. The number of imidazole rings is 1. The molecule has 4 aromatic rings. The average molecular weight is 500 g/mol. The Hall–Kier alpha value is -2.98. The zero-order chi connectivity index (χ0) is 24.6. The van der Waals surface area contributed by atoms with Crippen LogP contribution in [0.25, 0.3) is 22.3 Å². The number of benzene rings is 2. The lowest BCUT2D eigenvalue weighted by atomic mass is 9.99. The van der Waals surface area contributed by atoms with Crippen molar-refractivity contribution in [2.75, 3.05) is 17.6 Å². The fourth-order valence-electron chi connectivity index (χ4n) is 3.63. The molecular weight excluding hydrogens is 473 g/mol. The van der Waals surface area contributed by atoms with Crippen LogP contribution >= 0.6 is 11.8 Å². The Morgan fingerprint density at radius 2 is 1.74 bits per heavy atom. The standard InChI is InChI=1S/C24H26FN5O2S2/c1-15(2)21-18(14-33-24-26-19-8-6-7-9-20(19)29(24)3)22(16-10-12-17(25)13-11-16)28-23(27-21)30(4)34(5,31)32/h6-13,15H,14H2,1-5H3. The van der Waals surface area contributed by atoms with Gasteiger partial charge in [-0.1, -0.05) is 37.7 Å². The number of halogens is 1. The molecule has 0 aliphatic carbocycles. The van der Waals surface area contributed by atoms with Gasteiger partial charge in [-0.15, -0.1) is 0 Å². The van der Waals surface area contributed by atoms with Crippen LogP contribution in [-0.4, -0.2) is 41.2 Å². The molecule has 0 spiro atoms. The minimum absolute atomic E-state index is 0.00459. The van der Waals surface area contributed by atoms with Crippen molar-refractivity contribution in [3.05, 3.63) is 65.6 Å². The maximum absolute atomic E-state index is 13.7. The molecule has 0 radical (unpaired) electrons. The third kappa shape index (κ3) is 4.78. The quantitative estimate of drug-likeness (QED) is 0.334. The van der Waals surface area contributed by atoms with Gasteiger partial charge in [0.05, 0.1) is 28.7 Å². The van der Waals surface area contributed by atoms with E-state index in [1.54, 1.807) is 23.9 Å². The molecule has 0 aliphatic heterocycles. The molecular formula is C24H26FN5O2S2. The summed E-state index contributed by atoms with van der Waals surface area (Å²) in [6.07, 6.45) is 1.11. The molecule has 0 amide bonds. The highest BCUT2D eigenvalue weighted by Gasteiger charge is 2.23. The lowest BCUT2D eigenvalue weighted by molar-refractivity contribution is 0.599. The van der Waals surface area contributed by atoms with Gasteiger partial charge in [0, 0.05) is 31.0 Å². The maximum Gasteiger partial charge on any atom is 0.239 e. The molecule has 0 saturated heterocycles. The molecule has 0 fully saturated rings. The van der Waals surface area contributed by atoms with Crippen LogP contribution in [-0.2, 0) is 22.8 Å². The van der Waals surface area contributed by atoms with Crippen molar-refractivity contribution in [3.8, 4) is 11.3 Å². The molecule has 0 saturated carbocycles. The van der Waals surface area contributed by atoms with Crippen LogP contribution in [0.3, 0.4) is 0 Å². The van der Waals surface area contributed by atoms with E-state index in [4.69, 9.17) is 4.98 Å². The molecule has 2 aromatic heterocycles. The summed E-state index contributed by atoms with van der Waals surface area (Å²) >= 11 is 1.56. The molecule has 0 N–H and O–H groups in total. The van der Waals surface area contributed by atoms with Crippen LogP contribution in [0.15, 0.2) is 53.7 Å². The SMILES string of the molecule is CC(C)c1nc(N(C)S(C)(=O)=O)nc(-c2ccc(F)cc2)c1CSc1nc2ccccc2n1C. The first-order chi connectivity index (χ1) is 16.1. The second-order valence-corrected chi connectivity index (χ2v) is 11.3. The Balaban J connectivity index is 1.85. The second-order valence-electron chi connectivity index (χ2n) is 8.36. The van der Waals surface area contributed by atoms with Crippen LogP contribution in [0, 0.1) is 5.82 Å². The first-order valence-electron chi connectivity index (χ1n) is 10.7. The summed E-state index contributed by atoms with van der Waals surface area (Å²) in [5.41, 5.74) is 4.83. The van der Waals surface area contributed by atoms with Crippen molar-refractivity contribution in [2.45, 2.75) is 30.7 Å². The monoisotopic (exact) mass is 499 g/mol. The molecule has 34 heavy (non-hydrogen) atoms. The summed E-state index contributed by atoms with van der Waals surface area (Å²) in [5, 5.41) is 0.846. The Bertz CT molecular complexity index is 1450. The fourth-order valence-corrected chi connectivity index (χ4v) is 5.02. The summed E-state index contributed by atoms with van der Waals surface area (Å²) in [4.78, 5) is 14.0. The number of thioether (sulfide) groups is 1. The molecule has 0 unspecified atom stereocenters. The number of hydrogen-bond donors (Lipinski definition) is 0. The third-order valence-electron chi connectivity index (χ3n) is 5.56. The van der Waals surface area contributed by atoms with E-state index in [1.807, 2.05) is 49.7 Å². The summed E-state index contributed by atoms with van der Waals surface area (Å²) in [7, 11) is -0.160. The fraction of sp³-hybridized carbons (Fsp3) is 0.292. The molecule has 178 valence electrons. The number of anilines is 1. The molecule has 7 nitrogen and oxygen atoms in total. The van der Waals surface area contributed by atoms with E-state index in [2.05, 4.69) is 9.97 Å². The highest BCUT2D eigenvalue weighted by Crippen LogP contribution is 2.35. The molecule has 0 atom stereocenters. The first-order valence-corrected chi connectivity index (χ1v) is 13.5. The van der Waals surface area contributed by atoms with E-state index in [9.17, 15) is 12.8 Å². The van der Waals surface area contributed by atoms with Gasteiger partial charge in [-0.05, 0) is 42.3 Å². The van der Waals surface area contributed by atoms with Crippen molar-refractivity contribution in [2.24, 2.45) is 7.05 Å². The van der Waals surface area contributed by atoms with Gasteiger partial charge >= 0.3 is 0 Å². The largest absolute Gasteiger partial charge is 0.322 e. The van der Waals surface area contributed by atoms with E-state index in [1.165, 1.54) is 19.2 Å². The Kier molecular flexibility index (Phi) is 6.64. The van der Waals surface area contributed by atoms with Crippen molar-refractivity contribution in [3.63, 3.8) is 0 Å². The highest BCUT2D eigenvalue weighted by atomic mass is 32.2. The van der Waals surface area contributed by atoms with E-state index in [0.717, 1.165) is 38.0 Å². The van der Waals surface area contributed by atoms with Crippen LogP contribution in [0.4, 0.5) is 10.3 Å². The maximum atomic E-state index is 13.7. The zero-order valence-electron chi connectivity index (χ0n) is 19.7. The number of rotatable bonds is 7. The predicted molar refractivity (Wildman–Crippen MR) is 135 cm³/mol. The first kappa shape index (κ1) is 24.2. The van der Waals surface area contributed by atoms with E-state index >= 15 is 0 Å². The number of hydrogen-bond acceptors (Lipinski definition) is 6. The molecule has 2 aromatic carbocycles. The minimum atomic E-state index is -3.56. The van der Waals surface area contributed by atoms with Gasteiger partial charge in [-0.25, -0.2) is 32.1 Å². The van der Waals surface area contributed by atoms with Crippen molar-refractivity contribution in [1.82, 2.24) is 19.5 Å². The van der Waals surface area contributed by atoms with Gasteiger partial charge in [-0.2, -0.15) is 0 Å². The minimum Gasteiger partial charge on any atom is -0.322 e. The Morgan fingerprint density at radius 1 is 1.06 bits per heavy atom. The number of fused-ring (bicyclic) bond motifs is 1. The van der Waals surface area contributed by atoms with Crippen LogP contribution in [0.1, 0.15) is 31.0 Å². The van der Waals surface area contributed by atoms with Gasteiger partial charge in [0.2, 0.25) is 16.0 Å². The molecule has 0 aliphatic rings. The third-order valence-corrected chi connectivity index (χ3v) is 7.78. The number of aryl methyl sites for hydroxylation is 1. The van der Waals surface area contributed by atoms with E-state index in [0.29, 0.717) is 17.0 Å². The molecule has 4 rings (SSSR count). The van der Waals surface area contributed by atoms with Gasteiger partial charge < -0.3 is 4.57 Å². The second kappa shape index (κ2) is 9.34. The Labute approximate surface area is 203 Å². The average Bonchev–Trinajstić information content (AvgIpc) is 3.12. The summed E-state index contributed by atoms with van der Waals surface area (Å²) in [6, 6.07) is 14.0. The van der Waals surface area contributed by atoms with Gasteiger partial charge in [0.1, 0.15) is 5.82 Å². The number of para-hydroxylation sites is 2. The topological polar surface area (TPSA) is 81.0 Å².